The summed E-state index contributed by atoms with van der Waals surface area (Å²) in [5, 5.41) is 104. The summed E-state index contributed by atoms with van der Waals surface area (Å²) >= 11 is 0. The summed E-state index contributed by atoms with van der Waals surface area (Å²) < 4.78 is 2.77. The van der Waals surface area contributed by atoms with Gasteiger partial charge in [0.2, 0.25) is 17.2 Å². The maximum Gasteiger partial charge on any atom is 0.206 e. The lowest BCUT2D eigenvalue weighted by molar-refractivity contribution is 0.350. The van der Waals surface area contributed by atoms with E-state index in [0.29, 0.717) is 11.4 Å². The second-order valence-corrected chi connectivity index (χ2v) is 16.3. The maximum absolute atomic E-state index is 12.4. The number of rotatable bonds is 6. The lowest BCUT2D eigenvalue weighted by Gasteiger charge is -2.15. The van der Waals surface area contributed by atoms with E-state index < -0.39 is 51.7 Å². The highest BCUT2D eigenvalue weighted by Crippen LogP contribution is 2.59. The fourth-order valence-electron chi connectivity index (χ4n) is 9.46. The number of aromatic hydroxyl groups is 9. The van der Waals surface area contributed by atoms with E-state index in [1.165, 1.54) is 17.0 Å². The Kier molecular flexibility index (Phi) is 8.85. The Balaban J connectivity index is 1.20. The smallest absolute Gasteiger partial charge is 0.206 e. The second-order valence-electron chi connectivity index (χ2n) is 16.3. The van der Waals surface area contributed by atoms with Crippen LogP contribution in [0.25, 0.3) is 99.5 Å². The fourth-order valence-corrected chi connectivity index (χ4v) is 9.46. The molecule has 0 aliphatic heterocycles. The van der Waals surface area contributed by atoms with E-state index in [0.717, 1.165) is 44.5 Å². The molecule has 11 nitrogen and oxygen atoms in total. The molecule has 0 saturated carbocycles. The summed E-state index contributed by atoms with van der Waals surface area (Å²) in [4.78, 5) is 0. The number of hydrogen-bond acceptors (Lipinski definition) is 9. The van der Waals surface area contributed by atoms with Crippen molar-refractivity contribution in [2.45, 2.75) is 0 Å². The van der Waals surface area contributed by atoms with Crippen LogP contribution >= 0.6 is 0 Å². The van der Waals surface area contributed by atoms with Gasteiger partial charge in [-0.3, -0.25) is 0 Å². The van der Waals surface area contributed by atoms with Crippen LogP contribution in [0.1, 0.15) is 0 Å². The molecule has 0 amide bonds. The van der Waals surface area contributed by atoms with Crippen molar-refractivity contribution in [1.82, 2.24) is 9.13 Å². The van der Waals surface area contributed by atoms with Gasteiger partial charge in [-0.1, -0.05) is 127 Å². The number of aromatic nitrogens is 2. The zero-order valence-electron chi connectivity index (χ0n) is 34.9. The van der Waals surface area contributed by atoms with Crippen LogP contribution in [0.3, 0.4) is 0 Å². The minimum absolute atomic E-state index is 0.0398. The molecule has 11 rings (SSSR count). The third-order valence-electron chi connectivity index (χ3n) is 12.7. The van der Waals surface area contributed by atoms with Crippen molar-refractivity contribution < 1.29 is 46.0 Å². The largest absolute Gasteiger partial charge is 0.505 e. The molecule has 0 radical (unpaired) electrons. The van der Waals surface area contributed by atoms with Crippen LogP contribution < -0.4 is 5.46 Å². The summed E-state index contributed by atoms with van der Waals surface area (Å²) in [6.45, 7) is 0. The van der Waals surface area contributed by atoms with Gasteiger partial charge in [0, 0.05) is 27.5 Å². The summed E-state index contributed by atoms with van der Waals surface area (Å²) in [6.07, 6.45) is 0. The van der Waals surface area contributed by atoms with Gasteiger partial charge in [-0.15, -0.1) is 0 Å². The molecule has 0 aliphatic rings. The minimum Gasteiger partial charge on any atom is -0.505 e. The van der Waals surface area contributed by atoms with E-state index in [1.807, 2.05) is 127 Å². The van der Waals surface area contributed by atoms with Crippen molar-refractivity contribution in [3.05, 3.63) is 158 Å². The molecule has 0 unspecified atom stereocenters. The van der Waals surface area contributed by atoms with Gasteiger partial charge in [-0.25, -0.2) is 0 Å². The summed E-state index contributed by atoms with van der Waals surface area (Å²) in [7, 11) is 1.49. The van der Waals surface area contributed by atoms with E-state index >= 15 is 0 Å². The lowest BCUT2D eigenvalue weighted by Crippen LogP contribution is -2.05. The molecule has 2 heterocycles. The molecule has 9 N–H and O–H groups in total. The Hall–Kier alpha value is -9.16. The fraction of sp³-hybridized carbons (Fsp3) is 0. The summed E-state index contributed by atoms with van der Waals surface area (Å²) in [5.74, 6) is -7.49. The van der Waals surface area contributed by atoms with Gasteiger partial charge in [0.15, 0.2) is 34.5 Å². The van der Waals surface area contributed by atoms with Crippen molar-refractivity contribution in [1.29, 1.82) is 0 Å². The molecule has 320 valence electrons. The normalized spacial score (nSPS) is 11.6. The highest BCUT2D eigenvalue weighted by atomic mass is 16.3. The van der Waals surface area contributed by atoms with Gasteiger partial charge in [0.1, 0.15) is 24.4 Å². The summed E-state index contributed by atoms with van der Waals surface area (Å²) in [5.41, 5.74) is 7.50. The molecule has 66 heavy (non-hydrogen) atoms. The van der Waals surface area contributed by atoms with Gasteiger partial charge >= 0.3 is 0 Å². The molecule has 0 spiro atoms. The molecule has 0 aliphatic carbocycles. The molecular formula is C54H37BN2O9. The number of nitrogens with zero attached hydrogens (tertiary/aromatic N) is 2. The average Bonchev–Trinajstić information content (AvgIpc) is 3.91. The zero-order valence-corrected chi connectivity index (χ0v) is 34.9. The molecule has 11 aromatic rings. The van der Waals surface area contributed by atoms with E-state index in [1.54, 1.807) is 30.3 Å². The van der Waals surface area contributed by atoms with Crippen LogP contribution in [0.5, 0.6) is 51.7 Å². The second kappa shape index (κ2) is 14.7. The highest BCUT2D eigenvalue weighted by molar-refractivity contribution is 6.47. The predicted octanol–water partition coefficient (Wildman–Crippen LogP) is 10.2. The molecule has 2 aromatic heterocycles. The Labute approximate surface area is 376 Å². The van der Waals surface area contributed by atoms with Crippen molar-refractivity contribution in [2.24, 2.45) is 0 Å². The predicted molar refractivity (Wildman–Crippen MR) is 260 cm³/mol. The van der Waals surface area contributed by atoms with Crippen molar-refractivity contribution in [3.8, 4) is 108 Å². The number of phenols is 9. The third kappa shape index (κ3) is 5.71. The van der Waals surface area contributed by atoms with E-state index in [9.17, 15) is 46.0 Å². The van der Waals surface area contributed by atoms with E-state index in [-0.39, 0.29) is 49.1 Å². The Morgan fingerprint density at radius 2 is 0.606 bits per heavy atom. The van der Waals surface area contributed by atoms with Crippen molar-refractivity contribution in [3.63, 3.8) is 0 Å². The average molecular weight is 869 g/mol. The van der Waals surface area contributed by atoms with Gasteiger partial charge in [-0.05, 0) is 80.3 Å². The van der Waals surface area contributed by atoms with Gasteiger partial charge in [0.25, 0.3) is 0 Å². The first-order chi connectivity index (χ1) is 31.9. The molecule has 0 bridgehead atoms. The van der Waals surface area contributed by atoms with Gasteiger partial charge < -0.3 is 55.1 Å². The molecule has 12 heteroatoms. The Morgan fingerprint density at radius 1 is 0.258 bits per heavy atom. The van der Waals surface area contributed by atoms with Crippen LogP contribution in [0.4, 0.5) is 0 Å². The summed E-state index contributed by atoms with van der Waals surface area (Å²) in [6, 6.07) is 49.9. The topological polar surface area (TPSA) is 192 Å². The first-order valence-electron chi connectivity index (χ1n) is 21.0. The molecule has 9 aromatic carbocycles. The molecule has 0 atom stereocenters. The Morgan fingerprint density at radius 3 is 1.17 bits per heavy atom. The lowest BCUT2D eigenvalue weighted by atomic mass is 9.88. The quantitative estimate of drug-likeness (QED) is 0.0445. The van der Waals surface area contributed by atoms with Crippen molar-refractivity contribution in [2.75, 3.05) is 0 Å². The molecule has 0 saturated heterocycles. The van der Waals surface area contributed by atoms with Crippen LogP contribution in [0.2, 0.25) is 0 Å². The standard InChI is InChI=1S/C54H37BN2O9/c55-41-39-37-38-40-45(51(63)54(66)52(64)46(40)58)56(35-23-21-31(22-24-35)33-14-7-13-32(25-33)28-11-5-2-6-12-28)43(38)49(61)48(60)42(37)57(44(39)50(62)53(65)47(41)59)36-16-8-15-34(26-36)30-19-17-29(18-20-30)27-9-3-1-4-10-27/h1-26,58-66H,55H2. The Bertz CT molecular complexity index is 3790. The minimum atomic E-state index is -1.05. The van der Waals surface area contributed by atoms with E-state index in [4.69, 9.17) is 0 Å². The van der Waals surface area contributed by atoms with Crippen LogP contribution in [0, 0.1) is 0 Å². The van der Waals surface area contributed by atoms with Crippen molar-refractivity contribution >= 4 is 56.9 Å². The number of fused-ring (bicyclic) bond motifs is 7. The number of hydrogen-bond donors (Lipinski definition) is 9. The SMILES string of the molecule is Bc1c(O)c(O)c(O)c2c1c1c3c4c(O)c(O)c(O)c(O)c4n(-c4ccc(-c5cccc(-c6ccccc6)c5)cc4)c3c(O)c(O)c1n2-c1cccc(-c2ccc(-c3ccccc3)cc2)c1. The van der Waals surface area contributed by atoms with Crippen LogP contribution in [-0.2, 0) is 0 Å². The number of phenolic OH excluding ortho intramolecular Hbond substituents is 9. The van der Waals surface area contributed by atoms with Crippen LogP contribution in [-0.4, -0.2) is 62.9 Å². The highest BCUT2D eigenvalue weighted by Gasteiger charge is 2.34. The molecule has 0 fully saturated rings. The first-order valence-corrected chi connectivity index (χ1v) is 21.0. The first kappa shape index (κ1) is 39.7. The van der Waals surface area contributed by atoms with E-state index in [2.05, 4.69) is 0 Å². The van der Waals surface area contributed by atoms with Crippen LogP contribution in [0.15, 0.2) is 158 Å². The van der Waals surface area contributed by atoms with Gasteiger partial charge in [0.05, 0.1) is 10.9 Å². The monoisotopic (exact) mass is 868 g/mol. The third-order valence-corrected chi connectivity index (χ3v) is 12.7. The number of benzene rings is 9. The van der Waals surface area contributed by atoms with Gasteiger partial charge in [-0.2, -0.15) is 0 Å². The molecular weight excluding hydrogens is 831 g/mol. The maximum atomic E-state index is 12.4. The zero-order chi connectivity index (χ0) is 45.7.